The van der Waals surface area contributed by atoms with E-state index in [9.17, 15) is 0 Å². The van der Waals surface area contributed by atoms with Gasteiger partial charge in [-0.15, -0.1) is 0 Å². The Morgan fingerprint density at radius 1 is 1.38 bits per heavy atom. The van der Waals surface area contributed by atoms with Gasteiger partial charge >= 0.3 is 0 Å². The molecule has 1 rings (SSSR count). The van der Waals surface area contributed by atoms with Crippen LogP contribution in [-0.2, 0) is 6.42 Å². The molecule has 0 amide bonds. The third kappa shape index (κ3) is 3.55. The molecule has 2 nitrogen and oxygen atoms in total. The van der Waals surface area contributed by atoms with Gasteiger partial charge in [0.25, 0.3) is 0 Å². The Bertz CT molecular complexity index is 242. The average molecular weight is 178 g/mol. The number of rotatable bonds is 4. The van der Waals surface area contributed by atoms with Crippen molar-refractivity contribution in [3.63, 3.8) is 0 Å². The van der Waals surface area contributed by atoms with Crippen LogP contribution in [0.3, 0.4) is 0 Å². The molecule has 0 atom stereocenters. The van der Waals surface area contributed by atoms with Crippen LogP contribution in [0.2, 0.25) is 0 Å². The van der Waals surface area contributed by atoms with Crippen LogP contribution in [0.25, 0.3) is 0 Å². The van der Waals surface area contributed by atoms with Gasteiger partial charge in [0.05, 0.1) is 0 Å². The van der Waals surface area contributed by atoms with Crippen molar-refractivity contribution >= 4 is 0 Å². The SMILES string of the molecule is CNCC(C)(C)Cc1ccccn1. The Labute approximate surface area is 80.4 Å². The first-order valence-corrected chi connectivity index (χ1v) is 4.68. The van der Waals surface area contributed by atoms with Crippen LogP contribution in [-0.4, -0.2) is 18.6 Å². The Kier molecular flexibility index (Phi) is 3.43. The van der Waals surface area contributed by atoms with Crippen LogP contribution in [0.4, 0.5) is 0 Å². The van der Waals surface area contributed by atoms with E-state index in [0.717, 1.165) is 13.0 Å². The van der Waals surface area contributed by atoms with Crippen LogP contribution in [0.1, 0.15) is 19.5 Å². The number of aromatic nitrogens is 1. The normalized spacial score (nSPS) is 11.6. The van der Waals surface area contributed by atoms with Gasteiger partial charge in [-0.3, -0.25) is 4.98 Å². The second-order valence-corrected chi connectivity index (χ2v) is 4.19. The maximum atomic E-state index is 4.32. The third-order valence-electron chi connectivity index (χ3n) is 2.04. The standard InChI is InChI=1S/C11H18N2/c1-11(2,9-12-3)8-10-6-4-5-7-13-10/h4-7,12H,8-9H2,1-3H3. The Morgan fingerprint density at radius 3 is 2.69 bits per heavy atom. The average Bonchev–Trinajstić information content (AvgIpc) is 2.04. The highest BCUT2D eigenvalue weighted by Crippen LogP contribution is 2.18. The molecule has 0 saturated carbocycles. The summed E-state index contributed by atoms with van der Waals surface area (Å²) < 4.78 is 0. The van der Waals surface area contributed by atoms with Gasteiger partial charge in [0, 0.05) is 18.4 Å². The minimum Gasteiger partial charge on any atom is -0.319 e. The summed E-state index contributed by atoms with van der Waals surface area (Å²) in [6.45, 7) is 5.51. The van der Waals surface area contributed by atoms with E-state index in [-0.39, 0.29) is 5.41 Å². The van der Waals surface area contributed by atoms with E-state index in [1.165, 1.54) is 5.69 Å². The van der Waals surface area contributed by atoms with E-state index in [0.29, 0.717) is 0 Å². The summed E-state index contributed by atoms with van der Waals surface area (Å²) in [6.07, 6.45) is 2.87. The summed E-state index contributed by atoms with van der Waals surface area (Å²) in [4.78, 5) is 4.32. The summed E-state index contributed by atoms with van der Waals surface area (Å²) in [5.41, 5.74) is 1.45. The number of nitrogens with zero attached hydrogens (tertiary/aromatic N) is 1. The van der Waals surface area contributed by atoms with Gasteiger partial charge in [0.2, 0.25) is 0 Å². The molecule has 0 bridgehead atoms. The molecule has 2 heteroatoms. The number of hydrogen-bond donors (Lipinski definition) is 1. The van der Waals surface area contributed by atoms with Crippen molar-refractivity contribution < 1.29 is 0 Å². The van der Waals surface area contributed by atoms with Crippen molar-refractivity contribution in [1.82, 2.24) is 10.3 Å². The molecule has 0 spiro atoms. The van der Waals surface area contributed by atoms with E-state index in [1.54, 1.807) is 0 Å². The van der Waals surface area contributed by atoms with Gasteiger partial charge < -0.3 is 5.32 Å². The van der Waals surface area contributed by atoms with Crippen LogP contribution in [0.15, 0.2) is 24.4 Å². The molecule has 0 radical (unpaired) electrons. The maximum Gasteiger partial charge on any atom is 0.0409 e. The molecular weight excluding hydrogens is 160 g/mol. The zero-order valence-electron chi connectivity index (χ0n) is 8.67. The quantitative estimate of drug-likeness (QED) is 0.761. The van der Waals surface area contributed by atoms with Crippen LogP contribution >= 0.6 is 0 Å². The summed E-state index contributed by atoms with van der Waals surface area (Å²) in [5.74, 6) is 0. The fourth-order valence-electron chi connectivity index (χ4n) is 1.53. The largest absolute Gasteiger partial charge is 0.319 e. The van der Waals surface area contributed by atoms with Gasteiger partial charge in [0.15, 0.2) is 0 Å². The molecule has 1 aromatic heterocycles. The van der Waals surface area contributed by atoms with E-state index in [2.05, 4.69) is 30.2 Å². The molecule has 0 aliphatic rings. The highest BCUT2D eigenvalue weighted by molar-refractivity contribution is 5.05. The van der Waals surface area contributed by atoms with Gasteiger partial charge in [-0.25, -0.2) is 0 Å². The fraction of sp³-hybridized carbons (Fsp3) is 0.545. The van der Waals surface area contributed by atoms with Gasteiger partial charge in [-0.1, -0.05) is 19.9 Å². The predicted molar refractivity (Wildman–Crippen MR) is 55.6 cm³/mol. The Hall–Kier alpha value is -0.890. The molecule has 0 fully saturated rings. The molecule has 1 N–H and O–H groups in total. The van der Waals surface area contributed by atoms with Crippen molar-refractivity contribution in [3.8, 4) is 0 Å². The number of nitrogens with one attached hydrogen (secondary N) is 1. The number of pyridine rings is 1. The van der Waals surface area contributed by atoms with Crippen molar-refractivity contribution in [2.45, 2.75) is 20.3 Å². The van der Waals surface area contributed by atoms with Crippen molar-refractivity contribution in [3.05, 3.63) is 30.1 Å². The summed E-state index contributed by atoms with van der Waals surface area (Å²) >= 11 is 0. The van der Waals surface area contributed by atoms with Crippen molar-refractivity contribution in [1.29, 1.82) is 0 Å². The fourth-order valence-corrected chi connectivity index (χ4v) is 1.53. The smallest absolute Gasteiger partial charge is 0.0409 e. The van der Waals surface area contributed by atoms with Crippen molar-refractivity contribution in [2.75, 3.05) is 13.6 Å². The van der Waals surface area contributed by atoms with Gasteiger partial charge in [0.1, 0.15) is 0 Å². The lowest BCUT2D eigenvalue weighted by Crippen LogP contribution is -2.28. The van der Waals surface area contributed by atoms with Crippen LogP contribution in [0.5, 0.6) is 0 Å². The molecule has 13 heavy (non-hydrogen) atoms. The van der Waals surface area contributed by atoms with E-state index in [1.807, 2.05) is 25.4 Å². The molecule has 1 aromatic rings. The van der Waals surface area contributed by atoms with E-state index >= 15 is 0 Å². The highest BCUT2D eigenvalue weighted by atomic mass is 14.8. The first kappa shape index (κ1) is 10.2. The second kappa shape index (κ2) is 4.38. The third-order valence-corrected chi connectivity index (χ3v) is 2.04. The molecule has 0 aliphatic heterocycles. The lowest BCUT2D eigenvalue weighted by atomic mass is 9.87. The molecule has 0 aliphatic carbocycles. The highest BCUT2D eigenvalue weighted by Gasteiger charge is 2.17. The maximum absolute atomic E-state index is 4.32. The molecule has 0 aromatic carbocycles. The Morgan fingerprint density at radius 2 is 2.15 bits per heavy atom. The first-order chi connectivity index (χ1) is 6.14. The molecular formula is C11H18N2. The van der Waals surface area contributed by atoms with Gasteiger partial charge in [-0.05, 0) is 31.0 Å². The predicted octanol–water partition coefficient (Wildman–Crippen LogP) is 1.87. The minimum atomic E-state index is 0.281. The second-order valence-electron chi connectivity index (χ2n) is 4.19. The van der Waals surface area contributed by atoms with Crippen LogP contribution < -0.4 is 5.32 Å². The summed E-state index contributed by atoms with van der Waals surface area (Å²) in [5, 5.41) is 3.20. The lowest BCUT2D eigenvalue weighted by Gasteiger charge is -2.23. The lowest BCUT2D eigenvalue weighted by molar-refractivity contribution is 0.346. The van der Waals surface area contributed by atoms with E-state index < -0.39 is 0 Å². The molecule has 1 heterocycles. The topological polar surface area (TPSA) is 24.9 Å². The summed E-state index contributed by atoms with van der Waals surface area (Å²) in [7, 11) is 1.99. The first-order valence-electron chi connectivity index (χ1n) is 4.68. The molecule has 0 saturated heterocycles. The molecule has 0 unspecified atom stereocenters. The monoisotopic (exact) mass is 178 g/mol. The van der Waals surface area contributed by atoms with Crippen molar-refractivity contribution in [2.24, 2.45) is 5.41 Å². The zero-order valence-corrected chi connectivity index (χ0v) is 8.67. The van der Waals surface area contributed by atoms with E-state index in [4.69, 9.17) is 0 Å². The minimum absolute atomic E-state index is 0.281. The zero-order chi connectivity index (χ0) is 9.73. The molecule has 72 valence electrons. The van der Waals surface area contributed by atoms with Crippen LogP contribution in [0, 0.1) is 5.41 Å². The Balaban J connectivity index is 2.58. The summed E-state index contributed by atoms with van der Waals surface area (Å²) in [6, 6.07) is 6.07. The number of hydrogen-bond acceptors (Lipinski definition) is 2. The van der Waals surface area contributed by atoms with Gasteiger partial charge in [-0.2, -0.15) is 0 Å².